The van der Waals surface area contributed by atoms with Gasteiger partial charge in [0.2, 0.25) is 29.5 Å². The van der Waals surface area contributed by atoms with E-state index in [0.717, 1.165) is 5.56 Å². The largest absolute Gasteiger partial charge is 0.343 e. The summed E-state index contributed by atoms with van der Waals surface area (Å²) in [6.07, 6.45) is 1.23. The molecular weight excluding hydrogens is 546 g/mol. The molecule has 1 aromatic rings. The molecule has 5 atom stereocenters. The number of hydrogen-bond donors (Lipinski definition) is 4. The van der Waals surface area contributed by atoms with E-state index in [2.05, 4.69) is 21.3 Å². The number of likely N-dealkylation sites (N-methyl/N-ethyl adjacent to an activating group) is 1. The first-order valence-corrected chi connectivity index (χ1v) is 15.6. The summed E-state index contributed by atoms with van der Waals surface area (Å²) in [6, 6.07) is 4.70. The summed E-state index contributed by atoms with van der Waals surface area (Å²) < 4.78 is 0. The highest BCUT2D eigenvalue weighted by Crippen LogP contribution is 2.17. The molecule has 10 nitrogen and oxygen atoms in total. The lowest BCUT2D eigenvalue weighted by Gasteiger charge is -2.34. The van der Waals surface area contributed by atoms with Gasteiger partial charge in [0.25, 0.3) is 0 Å². The quantitative estimate of drug-likeness (QED) is 0.346. The van der Waals surface area contributed by atoms with Crippen molar-refractivity contribution in [3.63, 3.8) is 0 Å². The van der Waals surface area contributed by atoms with Gasteiger partial charge in [-0.2, -0.15) is 0 Å². The van der Waals surface area contributed by atoms with Gasteiger partial charge in [-0.25, -0.2) is 0 Å². The van der Waals surface area contributed by atoms with Crippen molar-refractivity contribution in [2.24, 2.45) is 23.7 Å². The van der Waals surface area contributed by atoms with E-state index in [-0.39, 0.29) is 30.1 Å². The number of rotatable bonds is 9. The van der Waals surface area contributed by atoms with Crippen molar-refractivity contribution >= 4 is 29.5 Å². The molecule has 1 saturated heterocycles. The molecule has 1 fully saturated rings. The van der Waals surface area contributed by atoms with Crippen LogP contribution in [0.5, 0.6) is 0 Å². The molecule has 1 aliphatic heterocycles. The van der Waals surface area contributed by atoms with Crippen LogP contribution in [0.2, 0.25) is 0 Å². The van der Waals surface area contributed by atoms with Crippen LogP contribution in [0.1, 0.15) is 80.2 Å². The van der Waals surface area contributed by atoms with Gasteiger partial charge in [-0.3, -0.25) is 24.0 Å². The lowest BCUT2D eigenvalue weighted by Crippen LogP contribution is -2.59. The lowest BCUT2D eigenvalue weighted by molar-refractivity contribution is -0.144. The van der Waals surface area contributed by atoms with Crippen molar-refractivity contribution in [3.8, 4) is 0 Å². The maximum atomic E-state index is 13.9. The minimum atomic E-state index is -0.995. The Hall–Kier alpha value is -3.43. The molecule has 0 spiro atoms. The molecule has 240 valence electrons. The minimum absolute atomic E-state index is 0.0593. The van der Waals surface area contributed by atoms with Gasteiger partial charge in [0.15, 0.2) is 0 Å². The van der Waals surface area contributed by atoms with E-state index in [0.29, 0.717) is 19.3 Å². The second-order valence-corrected chi connectivity index (χ2v) is 13.5. The van der Waals surface area contributed by atoms with Gasteiger partial charge in [0, 0.05) is 13.5 Å². The summed E-state index contributed by atoms with van der Waals surface area (Å²) in [4.78, 5) is 70.2. The Morgan fingerprint density at radius 1 is 0.581 bits per heavy atom. The minimum Gasteiger partial charge on any atom is -0.343 e. The highest BCUT2D eigenvalue weighted by Gasteiger charge is 2.38. The fraction of sp³-hybridized carbons (Fsp3) is 0.667. The van der Waals surface area contributed by atoms with Gasteiger partial charge in [-0.1, -0.05) is 85.7 Å². The number of benzene rings is 1. The first-order chi connectivity index (χ1) is 20.1. The monoisotopic (exact) mass is 599 g/mol. The second-order valence-electron chi connectivity index (χ2n) is 13.5. The number of nitrogens with zero attached hydrogens (tertiary/aromatic N) is 1. The Morgan fingerprint density at radius 2 is 0.977 bits per heavy atom. The standard InChI is InChI=1S/C33H53N5O5/c1-19(2)15-24-30(40)37-27(17-21(5)6)33(43)38(9)28(22(7)8)32(42)36-25(16-20(3)4)29(39)35-26(31(41)34-24)18-23-13-11-10-12-14-23/h10-14,19-22,24-28H,15-18H2,1-9H3,(H,34,41)(H,35,39)(H,36,42)(H,37,40)/t24-,25-,26-,27-,28-/m0/s1. The van der Waals surface area contributed by atoms with E-state index in [1.54, 1.807) is 7.05 Å². The first-order valence-electron chi connectivity index (χ1n) is 15.6. The molecule has 43 heavy (non-hydrogen) atoms. The molecule has 0 bridgehead atoms. The molecule has 1 aliphatic rings. The second kappa shape index (κ2) is 16.4. The van der Waals surface area contributed by atoms with Crippen LogP contribution >= 0.6 is 0 Å². The fourth-order valence-corrected chi connectivity index (χ4v) is 5.54. The van der Waals surface area contributed by atoms with Gasteiger partial charge in [-0.15, -0.1) is 0 Å². The van der Waals surface area contributed by atoms with Gasteiger partial charge in [0.05, 0.1) is 0 Å². The summed E-state index contributed by atoms with van der Waals surface area (Å²) in [5.41, 5.74) is 0.833. The molecule has 0 aliphatic carbocycles. The van der Waals surface area contributed by atoms with Crippen LogP contribution in [-0.4, -0.2) is 71.7 Å². The Balaban J connectivity index is 2.64. The SMILES string of the molecule is CC(C)C[C@@H]1NC(=O)[C@H](Cc2ccccc2)NC(=O)[C@H](CC(C)C)NC(=O)[C@H](C(C)C)N(C)C(=O)[C@H](CC(C)C)NC1=O. The van der Waals surface area contributed by atoms with Crippen molar-refractivity contribution in [1.29, 1.82) is 0 Å². The first kappa shape index (κ1) is 35.8. The molecule has 1 heterocycles. The van der Waals surface area contributed by atoms with Crippen LogP contribution in [0.3, 0.4) is 0 Å². The summed E-state index contributed by atoms with van der Waals surface area (Å²) in [5.74, 6) is -2.41. The van der Waals surface area contributed by atoms with Crippen LogP contribution in [-0.2, 0) is 30.4 Å². The highest BCUT2D eigenvalue weighted by molar-refractivity contribution is 5.98. The van der Waals surface area contributed by atoms with Crippen molar-refractivity contribution in [2.45, 2.75) is 111 Å². The Kier molecular flexibility index (Phi) is 13.7. The molecule has 10 heteroatoms. The Morgan fingerprint density at radius 3 is 1.44 bits per heavy atom. The summed E-state index contributed by atoms with van der Waals surface area (Å²) >= 11 is 0. The molecular formula is C33H53N5O5. The fourth-order valence-electron chi connectivity index (χ4n) is 5.54. The van der Waals surface area contributed by atoms with E-state index in [9.17, 15) is 24.0 Å². The van der Waals surface area contributed by atoms with Crippen LogP contribution < -0.4 is 21.3 Å². The number of amides is 5. The summed E-state index contributed by atoms with van der Waals surface area (Å²) in [5, 5.41) is 11.5. The predicted octanol–water partition coefficient (Wildman–Crippen LogP) is 2.80. The van der Waals surface area contributed by atoms with E-state index in [1.165, 1.54) is 4.90 Å². The number of nitrogens with one attached hydrogen (secondary N) is 4. The topological polar surface area (TPSA) is 137 Å². The van der Waals surface area contributed by atoms with Gasteiger partial charge < -0.3 is 26.2 Å². The molecule has 4 N–H and O–H groups in total. The zero-order valence-corrected chi connectivity index (χ0v) is 27.4. The van der Waals surface area contributed by atoms with Gasteiger partial charge in [-0.05, 0) is 48.5 Å². The molecule has 0 radical (unpaired) electrons. The third-order valence-electron chi connectivity index (χ3n) is 7.58. The Bertz CT molecular complexity index is 1100. The lowest BCUT2D eigenvalue weighted by atomic mass is 9.96. The summed E-state index contributed by atoms with van der Waals surface area (Å²) in [7, 11) is 1.56. The zero-order valence-electron chi connectivity index (χ0n) is 27.4. The van der Waals surface area contributed by atoms with Crippen LogP contribution in [0, 0.1) is 23.7 Å². The average molecular weight is 600 g/mol. The predicted molar refractivity (Wildman–Crippen MR) is 168 cm³/mol. The molecule has 5 amide bonds. The zero-order chi connectivity index (χ0) is 32.4. The average Bonchev–Trinajstić information content (AvgIpc) is 2.90. The van der Waals surface area contributed by atoms with Crippen LogP contribution in [0.4, 0.5) is 0 Å². The van der Waals surface area contributed by atoms with Crippen molar-refractivity contribution in [2.75, 3.05) is 7.05 Å². The van der Waals surface area contributed by atoms with Crippen molar-refractivity contribution in [3.05, 3.63) is 35.9 Å². The molecule has 0 aromatic heterocycles. The third-order valence-corrected chi connectivity index (χ3v) is 7.58. The number of hydrogen-bond acceptors (Lipinski definition) is 5. The Labute approximate surface area is 257 Å². The van der Waals surface area contributed by atoms with E-state index >= 15 is 0 Å². The van der Waals surface area contributed by atoms with Crippen LogP contribution in [0.25, 0.3) is 0 Å². The number of carbonyl (C=O) groups is 5. The van der Waals surface area contributed by atoms with E-state index < -0.39 is 59.7 Å². The van der Waals surface area contributed by atoms with E-state index in [1.807, 2.05) is 85.7 Å². The molecule has 0 unspecified atom stereocenters. The number of carbonyl (C=O) groups excluding carboxylic acids is 5. The summed E-state index contributed by atoms with van der Waals surface area (Å²) in [6.45, 7) is 15.4. The highest BCUT2D eigenvalue weighted by atomic mass is 16.2. The third kappa shape index (κ3) is 11.0. The normalized spacial score (nSPS) is 24.9. The maximum Gasteiger partial charge on any atom is 0.245 e. The van der Waals surface area contributed by atoms with Gasteiger partial charge in [0.1, 0.15) is 30.2 Å². The van der Waals surface area contributed by atoms with Crippen molar-refractivity contribution in [1.82, 2.24) is 26.2 Å². The van der Waals surface area contributed by atoms with Gasteiger partial charge >= 0.3 is 0 Å². The maximum absolute atomic E-state index is 13.9. The van der Waals surface area contributed by atoms with E-state index in [4.69, 9.17) is 0 Å². The molecule has 1 aromatic carbocycles. The van der Waals surface area contributed by atoms with Crippen molar-refractivity contribution < 1.29 is 24.0 Å². The molecule has 2 rings (SSSR count). The van der Waals surface area contributed by atoms with Crippen LogP contribution in [0.15, 0.2) is 30.3 Å². The smallest absolute Gasteiger partial charge is 0.245 e. The molecule has 0 saturated carbocycles.